The lowest BCUT2D eigenvalue weighted by atomic mass is 10.2. The van der Waals surface area contributed by atoms with Gasteiger partial charge in [-0.1, -0.05) is 15.9 Å². The van der Waals surface area contributed by atoms with Crippen molar-refractivity contribution in [3.8, 4) is 5.75 Å². The Bertz CT molecular complexity index is 514. The molecule has 1 aromatic carbocycles. The molecule has 0 saturated heterocycles. The number of carboxylic acid groups (broad SMARTS) is 1. The number of aliphatic carboxylic acids is 1. The first-order valence-corrected chi connectivity index (χ1v) is 6.92. The Labute approximate surface area is 125 Å². The summed E-state index contributed by atoms with van der Waals surface area (Å²) in [5, 5.41) is 11.3. The van der Waals surface area contributed by atoms with Gasteiger partial charge in [0.2, 0.25) is 5.91 Å². The minimum absolute atomic E-state index is 0.0766. The first-order valence-electron chi connectivity index (χ1n) is 6.13. The van der Waals surface area contributed by atoms with Crippen molar-refractivity contribution in [2.24, 2.45) is 0 Å². The molecule has 0 aliphatic heterocycles. The number of nitrogens with one attached hydrogen (secondary N) is 1. The van der Waals surface area contributed by atoms with E-state index in [1.54, 1.807) is 18.2 Å². The molecule has 2 N–H and O–H groups in total. The highest BCUT2D eigenvalue weighted by Crippen LogP contribution is 2.24. The zero-order chi connectivity index (χ0) is 15.0. The fourth-order valence-electron chi connectivity index (χ4n) is 1.48. The molecular formula is C14H16BrNO4. The van der Waals surface area contributed by atoms with Crippen LogP contribution in [0.5, 0.6) is 5.75 Å². The molecule has 6 heteroatoms. The van der Waals surface area contributed by atoms with Crippen molar-refractivity contribution < 1.29 is 19.4 Å². The van der Waals surface area contributed by atoms with Crippen molar-refractivity contribution in [3.05, 3.63) is 34.3 Å². The van der Waals surface area contributed by atoms with Crippen LogP contribution in [-0.4, -0.2) is 30.1 Å². The molecule has 1 aromatic rings. The molecule has 0 aliphatic rings. The lowest BCUT2D eigenvalue weighted by Gasteiger charge is -2.09. The van der Waals surface area contributed by atoms with Gasteiger partial charge in [-0.05, 0) is 31.2 Å². The van der Waals surface area contributed by atoms with E-state index < -0.39 is 5.97 Å². The van der Waals surface area contributed by atoms with Gasteiger partial charge in [-0.3, -0.25) is 4.79 Å². The van der Waals surface area contributed by atoms with E-state index in [0.29, 0.717) is 17.9 Å². The van der Waals surface area contributed by atoms with Gasteiger partial charge in [-0.15, -0.1) is 0 Å². The van der Waals surface area contributed by atoms with Crippen LogP contribution in [0, 0.1) is 0 Å². The lowest BCUT2D eigenvalue weighted by molar-refractivity contribution is -0.131. The topological polar surface area (TPSA) is 75.6 Å². The van der Waals surface area contributed by atoms with Gasteiger partial charge in [0, 0.05) is 22.7 Å². The standard InChI is InChI=1S/C14H16BrNO4/c1-2-16-13(17)7-8-20-12-5-4-11(15)9-10(12)3-6-14(18)19/h3-6,9H,2,7-8H2,1H3,(H,16,17)(H,18,19). The Morgan fingerprint density at radius 2 is 2.20 bits per heavy atom. The third-order valence-corrected chi connectivity index (χ3v) is 2.83. The summed E-state index contributed by atoms with van der Waals surface area (Å²) < 4.78 is 6.33. The van der Waals surface area contributed by atoms with E-state index in [9.17, 15) is 9.59 Å². The normalized spacial score (nSPS) is 10.5. The van der Waals surface area contributed by atoms with Gasteiger partial charge in [-0.25, -0.2) is 4.79 Å². The van der Waals surface area contributed by atoms with Crippen molar-refractivity contribution in [2.45, 2.75) is 13.3 Å². The minimum atomic E-state index is -1.03. The largest absolute Gasteiger partial charge is 0.492 e. The van der Waals surface area contributed by atoms with E-state index in [0.717, 1.165) is 10.5 Å². The Morgan fingerprint density at radius 3 is 2.85 bits per heavy atom. The third kappa shape index (κ3) is 5.88. The molecule has 1 amide bonds. The highest BCUT2D eigenvalue weighted by Gasteiger charge is 2.05. The van der Waals surface area contributed by atoms with Gasteiger partial charge in [0.05, 0.1) is 13.0 Å². The maximum atomic E-state index is 11.3. The van der Waals surface area contributed by atoms with Crippen LogP contribution in [0.25, 0.3) is 6.08 Å². The average molecular weight is 342 g/mol. The van der Waals surface area contributed by atoms with Crippen LogP contribution in [-0.2, 0) is 9.59 Å². The Hall–Kier alpha value is -1.82. The predicted octanol–water partition coefficient (Wildman–Crippen LogP) is 2.45. The molecule has 0 saturated carbocycles. The maximum absolute atomic E-state index is 11.3. The number of hydrogen-bond acceptors (Lipinski definition) is 3. The number of carbonyl (C=O) groups is 2. The number of benzene rings is 1. The first-order chi connectivity index (χ1) is 9.52. The molecule has 0 atom stereocenters. The van der Waals surface area contributed by atoms with Crippen LogP contribution >= 0.6 is 15.9 Å². The predicted molar refractivity (Wildman–Crippen MR) is 79.6 cm³/mol. The van der Waals surface area contributed by atoms with Crippen LogP contribution in [0.2, 0.25) is 0 Å². The molecule has 0 fully saturated rings. The van der Waals surface area contributed by atoms with Crippen molar-refractivity contribution in [1.82, 2.24) is 5.32 Å². The first kappa shape index (κ1) is 16.2. The van der Waals surface area contributed by atoms with Gasteiger partial charge in [0.25, 0.3) is 0 Å². The summed E-state index contributed by atoms with van der Waals surface area (Å²) in [5.74, 6) is -0.569. The van der Waals surface area contributed by atoms with E-state index >= 15 is 0 Å². The fourth-order valence-corrected chi connectivity index (χ4v) is 1.86. The number of ether oxygens (including phenoxy) is 1. The van der Waals surface area contributed by atoms with Crippen molar-refractivity contribution >= 4 is 33.9 Å². The van der Waals surface area contributed by atoms with E-state index in [1.807, 2.05) is 6.92 Å². The van der Waals surface area contributed by atoms with Gasteiger partial charge in [0.1, 0.15) is 5.75 Å². The number of amides is 1. The number of rotatable bonds is 7. The van der Waals surface area contributed by atoms with Crippen molar-refractivity contribution in [3.63, 3.8) is 0 Å². The molecular weight excluding hydrogens is 326 g/mol. The number of carboxylic acids is 1. The highest BCUT2D eigenvalue weighted by atomic mass is 79.9. The quantitative estimate of drug-likeness (QED) is 0.747. The summed E-state index contributed by atoms with van der Waals surface area (Å²) in [6, 6.07) is 5.27. The zero-order valence-electron chi connectivity index (χ0n) is 11.1. The van der Waals surface area contributed by atoms with Gasteiger partial charge >= 0.3 is 5.97 Å². The van der Waals surface area contributed by atoms with Crippen LogP contribution in [0.4, 0.5) is 0 Å². The maximum Gasteiger partial charge on any atom is 0.328 e. The SMILES string of the molecule is CCNC(=O)CCOc1ccc(Br)cc1C=CC(=O)O. The smallest absolute Gasteiger partial charge is 0.328 e. The molecule has 0 unspecified atom stereocenters. The molecule has 0 aromatic heterocycles. The van der Waals surface area contributed by atoms with E-state index in [4.69, 9.17) is 9.84 Å². The van der Waals surface area contributed by atoms with Gasteiger partial charge in [0.15, 0.2) is 0 Å². The molecule has 5 nitrogen and oxygen atoms in total. The van der Waals surface area contributed by atoms with Crippen LogP contribution in [0.15, 0.2) is 28.7 Å². The molecule has 0 aliphatic carbocycles. The van der Waals surface area contributed by atoms with Crippen LogP contribution in [0.3, 0.4) is 0 Å². The zero-order valence-corrected chi connectivity index (χ0v) is 12.6. The second kappa shape index (κ2) is 8.37. The molecule has 108 valence electrons. The van der Waals surface area contributed by atoms with E-state index in [-0.39, 0.29) is 18.9 Å². The summed E-state index contributed by atoms with van der Waals surface area (Å²) in [6.07, 6.45) is 2.75. The Morgan fingerprint density at radius 1 is 1.45 bits per heavy atom. The monoisotopic (exact) mass is 341 g/mol. The van der Waals surface area contributed by atoms with Crippen molar-refractivity contribution in [1.29, 1.82) is 0 Å². The molecule has 0 radical (unpaired) electrons. The number of halogens is 1. The van der Waals surface area contributed by atoms with Gasteiger partial charge < -0.3 is 15.2 Å². The molecule has 0 bridgehead atoms. The van der Waals surface area contributed by atoms with E-state index in [2.05, 4.69) is 21.2 Å². The summed E-state index contributed by atoms with van der Waals surface area (Å²) in [6.45, 7) is 2.67. The Kier molecular flexibility index (Phi) is 6.79. The second-order valence-corrected chi connectivity index (χ2v) is 4.82. The van der Waals surface area contributed by atoms with E-state index in [1.165, 1.54) is 6.08 Å². The molecule has 0 heterocycles. The highest BCUT2D eigenvalue weighted by molar-refractivity contribution is 9.10. The molecule has 1 rings (SSSR count). The minimum Gasteiger partial charge on any atom is -0.492 e. The third-order valence-electron chi connectivity index (χ3n) is 2.34. The number of carbonyl (C=O) groups excluding carboxylic acids is 1. The molecule has 20 heavy (non-hydrogen) atoms. The summed E-state index contributed by atoms with van der Waals surface area (Å²) in [5.41, 5.74) is 0.637. The Balaban J connectivity index is 2.69. The van der Waals surface area contributed by atoms with Crippen LogP contribution < -0.4 is 10.1 Å². The summed E-state index contributed by atoms with van der Waals surface area (Å²) >= 11 is 3.31. The average Bonchev–Trinajstić information content (AvgIpc) is 2.38. The van der Waals surface area contributed by atoms with Gasteiger partial charge in [-0.2, -0.15) is 0 Å². The molecule has 0 spiro atoms. The number of hydrogen-bond donors (Lipinski definition) is 2. The van der Waals surface area contributed by atoms with Crippen molar-refractivity contribution in [2.75, 3.05) is 13.2 Å². The summed E-state index contributed by atoms with van der Waals surface area (Å²) in [4.78, 5) is 21.8. The fraction of sp³-hybridized carbons (Fsp3) is 0.286. The second-order valence-electron chi connectivity index (χ2n) is 3.91. The van der Waals surface area contributed by atoms with Crippen LogP contribution in [0.1, 0.15) is 18.9 Å². The summed E-state index contributed by atoms with van der Waals surface area (Å²) in [7, 11) is 0. The lowest BCUT2D eigenvalue weighted by Crippen LogP contribution is -2.24.